The first-order valence-electron chi connectivity index (χ1n) is 25.3. The van der Waals surface area contributed by atoms with Crippen molar-refractivity contribution in [3.63, 3.8) is 0 Å². The first kappa shape index (κ1) is 46.4. The number of benzene rings is 8. The third-order valence-electron chi connectivity index (χ3n) is 13.7. The normalized spacial score (nSPS) is 11.4. The molecule has 0 spiro atoms. The van der Waals surface area contributed by atoms with Gasteiger partial charge in [0.2, 0.25) is 0 Å². The zero-order valence-corrected chi connectivity index (χ0v) is 40.8. The van der Waals surface area contributed by atoms with Gasteiger partial charge in [-0.3, -0.25) is 0 Å². The number of fused-ring (bicyclic) bond motifs is 2. The average Bonchev–Trinajstić information content (AvgIpc) is 3.33. The van der Waals surface area contributed by atoms with Gasteiger partial charge in [0, 0.05) is 34.1 Å². The predicted molar refractivity (Wildman–Crippen MR) is 289 cm³/mol. The van der Waals surface area contributed by atoms with E-state index in [2.05, 4.69) is 209 Å². The first-order chi connectivity index (χ1) is 32.3. The topological polar surface area (TPSA) is 6.48 Å². The Kier molecular flexibility index (Phi) is 15.7. The summed E-state index contributed by atoms with van der Waals surface area (Å²) in [6.45, 7) is 13.5. The maximum absolute atomic E-state index is 2.44. The van der Waals surface area contributed by atoms with Crippen LogP contribution in [0.3, 0.4) is 0 Å². The van der Waals surface area contributed by atoms with Crippen LogP contribution in [0.1, 0.15) is 124 Å². The highest BCUT2D eigenvalue weighted by atomic mass is 15.1. The maximum atomic E-state index is 2.44. The highest BCUT2D eigenvalue weighted by molar-refractivity contribution is 6.09. The summed E-state index contributed by atoms with van der Waals surface area (Å²) in [7, 11) is 0. The van der Waals surface area contributed by atoms with Gasteiger partial charge in [-0.05, 0) is 192 Å². The van der Waals surface area contributed by atoms with Gasteiger partial charge in [0.05, 0.1) is 0 Å². The molecule has 0 bridgehead atoms. The molecule has 0 saturated carbocycles. The molecule has 8 rings (SSSR count). The predicted octanol–water partition coefficient (Wildman–Crippen LogP) is 19.6. The largest absolute Gasteiger partial charge is 0.310 e. The van der Waals surface area contributed by atoms with Gasteiger partial charge in [-0.2, -0.15) is 0 Å². The Labute approximate surface area is 397 Å². The molecular formula is C64H72N2. The van der Waals surface area contributed by atoms with E-state index in [1.54, 1.807) is 0 Å². The van der Waals surface area contributed by atoms with Crippen molar-refractivity contribution in [3.05, 3.63) is 191 Å². The van der Waals surface area contributed by atoms with Crippen molar-refractivity contribution in [2.45, 2.75) is 131 Å². The van der Waals surface area contributed by atoms with Crippen LogP contribution < -0.4 is 9.80 Å². The maximum Gasteiger partial charge on any atom is 0.0468 e. The van der Waals surface area contributed by atoms with Crippen LogP contribution in [-0.4, -0.2) is 0 Å². The number of rotatable bonds is 21. The minimum absolute atomic E-state index is 1.13. The van der Waals surface area contributed by atoms with Gasteiger partial charge in [-0.1, -0.05) is 163 Å². The van der Waals surface area contributed by atoms with Crippen molar-refractivity contribution in [2.24, 2.45) is 0 Å². The number of hydrogen-bond donors (Lipinski definition) is 0. The summed E-state index contributed by atoms with van der Waals surface area (Å²) in [4.78, 5) is 4.89. The number of aryl methyl sites for hydroxylation is 6. The summed E-state index contributed by atoms with van der Waals surface area (Å²) >= 11 is 0. The quantitative estimate of drug-likeness (QED) is 0.0664. The molecule has 0 saturated heterocycles. The Morgan fingerprint density at radius 2 is 0.667 bits per heavy atom. The second-order valence-corrected chi connectivity index (χ2v) is 19.0. The molecule has 0 aliphatic carbocycles. The highest BCUT2D eigenvalue weighted by Crippen LogP contribution is 2.45. The molecular weight excluding hydrogens is 797 g/mol. The Bertz CT molecular complexity index is 2630. The lowest BCUT2D eigenvalue weighted by Crippen LogP contribution is -2.10. The van der Waals surface area contributed by atoms with E-state index in [0.717, 1.165) is 24.2 Å². The second-order valence-electron chi connectivity index (χ2n) is 19.0. The van der Waals surface area contributed by atoms with Crippen LogP contribution in [0, 0.1) is 27.7 Å². The van der Waals surface area contributed by atoms with Gasteiger partial charge < -0.3 is 9.80 Å². The third kappa shape index (κ3) is 11.1. The minimum atomic E-state index is 1.13. The van der Waals surface area contributed by atoms with Gasteiger partial charge in [0.25, 0.3) is 0 Å². The fourth-order valence-electron chi connectivity index (χ4n) is 10.0. The molecule has 0 N–H and O–H groups in total. The monoisotopic (exact) mass is 869 g/mol. The van der Waals surface area contributed by atoms with E-state index in [9.17, 15) is 0 Å². The Morgan fingerprint density at radius 1 is 0.318 bits per heavy atom. The summed E-state index contributed by atoms with van der Waals surface area (Å²) in [6, 6.07) is 60.0. The second kappa shape index (κ2) is 22.4. The van der Waals surface area contributed by atoms with Crippen molar-refractivity contribution in [2.75, 3.05) is 9.80 Å². The van der Waals surface area contributed by atoms with E-state index in [0.29, 0.717) is 0 Å². The Balaban J connectivity index is 1.19. The first-order valence-corrected chi connectivity index (χ1v) is 25.3. The number of hydrogen-bond acceptors (Lipinski definition) is 2. The molecule has 0 radical (unpaired) electrons. The van der Waals surface area contributed by atoms with E-state index >= 15 is 0 Å². The molecule has 0 heterocycles. The zero-order valence-electron chi connectivity index (χ0n) is 40.8. The molecule has 0 amide bonds. The van der Waals surface area contributed by atoms with Crippen LogP contribution in [0.25, 0.3) is 32.7 Å². The molecule has 0 aliphatic rings. The Hall–Kier alpha value is -6.12. The van der Waals surface area contributed by atoms with Crippen molar-refractivity contribution < 1.29 is 0 Å². The SMILES string of the molecule is CCCCCCCCc1ccc(N(c2cccc(C)c2)c2ccc3ccc(C)c(-c4c(C)ccc5ccc(N(c6ccc(CCCCCCCC)cc6)c6cccc(C)c6)cc45)c3c2)cc1. The van der Waals surface area contributed by atoms with Crippen LogP contribution in [-0.2, 0) is 12.8 Å². The molecule has 66 heavy (non-hydrogen) atoms. The van der Waals surface area contributed by atoms with Gasteiger partial charge in [-0.25, -0.2) is 0 Å². The number of unbranched alkanes of at least 4 members (excludes halogenated alkanes) is 10. The lowest BCUT2D eigenvalue weighted by molar-refractivity contribution is 0.607. The van der Waals surface area contributed by atoms with Gasteiger partial charge >= 0.3 is 0 Å². The van der Waals surface area contributed by atoms with Crippen LogP contribution in [0.4, 0.5) is 34.1 Å². The van der Waals surface area contributed by atoms with E-state index in [1.165, 1.54) is 166 Å². The number of anilines is 6. The summed E-state index contributed by atoms with van der Waals surface area (Å²) in [5, 5.41) is 5.02. The molecule has 2 nitrogen and oxygen atoms in total. The van der Waals surface area contributed by atoms with Crippen LogP contribution in [0.5, 0.6) is 0 Å². The van der Waals surface area contributed by atoms with Crippen molar-refractivity contribution in [1.29, 1.82) is 0 Å². The third-order valence-corrected chi connectivity index (χ3v) is 13.7. The van der Waals surface area contributed by atoms with Gasteiger partial charge in [-0.15, -0.1) is 0 Å². The molecule has 0 atom stereocenters. The summed E-state index contributed by atoms with van der Waals surface area (Å²) < 4.78 is 0. The standard InChI is InChI=1S/C64H72N2/c1-7-9-11-13-15-17-23-51-29-37-55(38-30-51)65(57-25-19-21-47(3)43-57)59-41-35-53-33-27-49(5)63(61(53)45-59)64-50(6)28-34-54-36-42-60(46-62(54)64)66(58-26-20-22-48(4)44-58)56-39-31-52(32-40-56)24-18-16-14-12-10-8-2/h19-22,25-46H,7-18,23-24H2,1-6H3. The van der Waals surface area contributed by atoms with Crippen LogP contribution in [0.2, 0.25) is 0 Å². The fraction of sp³-hybridized carbons (Fsp3) is 0.312. The Morgan fingerprint density at radius 3 is 1.06 bits per heavy atom. The molecule has 8 aromatic rings. The van der Waals surface area contributed by atoms with E-state index in [-0.39, 0.29) is 0 Å². The molecule has 338 valence electrons. The fourth-order valence-corrected chi connectivity index (χ4v) is 10.0. The van der Waals surface area contributed by atoms with Crippen molar-refractivity contribution in [3.8, 4) is 11.1 Å². The van der Waals surface area contributed by atoms with E-state index < -0.39 is 0 Å². The number of nitrogens with zero attached hydrogens (tertiary/aromatic N) is 2. The molecule has 0 aliphatic heterocycles. The highest BCUT2D eigenvalue weighted by Gasteiger charge is 2.20. The summed E-state index contributed by atoms with van der Waals surface area (Å²) in [6.07, 6.45) is 18.1. The smallest absolute Gasteiger partial charge is 0.0468 e. The molecule has 0 unspecified atom stereocenters. The summed E-state index contributed by atoms with van der Waals surface area (Å²) in [5.41, 5.74) is 17.5. The molecule has 0 aromatic heterocycles. The molecule has 8 aromatic carbocycles. The van der Waals surface area contributed by atoms with Crippen molar-refractivity contribution in [1.82, 2.24) is 0 Å². The average molecular weight is 869 g/mol. The lowest BCUT2D eigenvalue weighted by Gasteiger charge is -2.27. The van der Waals surface area contributed by atoms with Crippen LogP contribution in [0.15, 0.2) is 158 Å². The van der Waals surface area contributed by atoms with Crippen molar-refractivity contribution >= 4 is 55.7 Å². The van der Waals surface area contributed by atoms with E-state index in [4.69, 9.17) is 0 Å². The molecule has 2 heteroatoms. The lowest BCUT2D eigenvalue weighted by atomic mass is 9.87. The van der Waals surface area contributed by atoms with E-state index in [1.807, 2.05) is 0 Å². The molecule has 0 fully saturated rings. The van der Waals surface area contributed by atoms with Gasteiger partial charge in [0.1, 0.15) is 0 Å². The summed E-state index contributed by atoms with van der Waals surface area (Å²) in [5.74, 6) is 0. The van der Waals surface area contributed by atoms with Gasteiger partial charge in [0.15, 0.2) is 0 Å². The van der Waals surface area contributed by atoms with Crippen LogP contribution >= 0.6 is 0 Å². The minimum Gasteiger partial charge on any atom is -0.310 e. The zero-order chi connectivity index (χ0) is 45.8.